The molecule has 0 unspecified atom stereocenters. The Morgan fingerprint density at radius 3 is 2.12 bits per heavy atom. The van der Waals surface area contributed by atoms with E-state index in [9.17, 15) is 0 Å². The molecule has 0 saturated heterocycles. The lowest BCUT2D eigenvalue weighted by atomic mass is 10.0. The van der Waals surface area contributed by atoms with Crippen molar-refractivity contribution in [3.05, 3.63) is 77.7 Å². The first kappa shape index (κ1) is 10.9. The molecule has 0 aromatic heterocycles. The van der Waals surface area contributed by atoms with E-state index in [4.69, 9.17) is 5.73 Å². The highest BCUT2D eigenvalue weighted by molar-refractivity contribution is 5.30. The Hall–Kier alpha value is -1.60. The van der Waals surface area contributed by atoms with Crippen molar-refractivity contribution in [3.63, 3.8) is 0 Å². The first-order valence-corrected chi connectivity index (χ1v) is 5.54. The molecule has 2 rings (SSSR count). The molecule has 0 bridgehead atoms. The minimum atomic E-state index is 0.610. The monoisotopic (exact) mass is 210 g/mol. The fourth-order valence-corrected chi connectivity index (χ4v) is 1.64. The molecule has 16 heavy (non-hydrogen) atoms. The van der Waals surface area contributed by atoms with Gasteiger partial charge in [-0.1, -0.05) is 54.6 Å². The average Bonchev–Trinajstić information content (AvgIpc) is 2.38. The van der Waals surface area contributed by atoms with Crippen molar-refractivity contribution in [2.75, 3.05) is 0 Å². The van der Waals surface area contributed by atoms with Crippen LogP contribution in [-0.4, -0.2) is 0 Å². The quantitative estimate of drug-likeness (QED) is 0.825. The summed E-state index contributed by atoms with van der Waals surface area (Å²) in [6.45, 7) is 0.610. The van der Waals surface area contributed by atoms with Crippen molar-refractivity contribution in [1.82, 2.24) is 0 Å². The highest BCUT2D eigenvalue weighted by atomic mass is 14.5. The van der Waals surface area contributed by atoms with E-state index in [1.165, 1.54) is 16.7 Å². The van der Waals surface area contributed by atoms with Crippen molar-refractivity contribution in [1.29, 1.82) is 0 Å². The lowest BCUT2D eigenvalue weighted by Crippen LogP contribution is -1.96. The first-order chi connectivity index (χ1) is 7.88. The van der Waals surface area contributed by atoms with E-state index in [0.717, 1.165) is 6.42 Å². The number of rotatable bonds is 4. The van der Waals surface area contributed by atoms with E-state index in [1.807, 2.05) is 6.07 Å². The van der Waals surface area contributed by atoms with Gasteiger partial charge in [-0.25, -0.2) is 0 Å². The lowest BCUT2D eigenvalue weighted by molar-refractivity contribution is 1.07. The summed E-state index contributed by atoms with van der Waals surface area (Å²) < 4.78 is 0. The second kappa shape index (κ2) is 5.47. The Bertz CT molecular complexity index is 417. The summed E-state index contributed by atoms with van der Waals surface area (Å²) in [5.41, 5.74) is 9.32. The van der Waals surface area contributed by atoms with Crippen molar-refractivity contribution in [3.8, 4) is 0 Å². The molecule has 81 valence electrons. The maximum atomic E-state index is 5.55. The maximum absolute atomic E-state index is 5.55. The summed E-state index contributed by atoms with van der Waals surface area (Å²) in [6.07, 6.45) is 3.21. The number of nitrogens with two attached hydrogens (primary N) is 1. The Morgan fingerprint density at radius 2 is 1.50 bits per heavy atom. The highest BCUT2D eigenvalue weighted by Gasteiger charge is 1.96. The average molecular weight is 210 g/mol. The smallest absolute Gasteiger partial charge is 0.0178 e. The van der Waals surface area contributed by atoms with Gasteiger partial charge in [0.1, 0.15) is 0 Å². The van der Waals surface area contributed by atoms with Crippen LogP contribution in [-0.2, 0) is 13.0 Å². The van der Waals surface area contributed by atoms with E-state index in [1.54, 1.807) is 0 Å². The Morgan fingerprint density at radius 1 is 0.812 bits per heavy atom. The van der Waals surface area contributed by atoms with Gasteiger partial charge in [-0.2, -0.15) is 0 Å². The minimum Gasteiger partial charge on any atom is -0.326 e. The van der Waals surface area contributed by atoms with E-state index < -0.39 is 0 Å². The van der Waals surface area contributed by atoms with Crippen LogP contribution in [0.25, 0.3) is 0 Å². The standard InChI is InChI=1S/C15H16N/c16-12-15-10-8-14(9-11-15)7-6-13-4-2-1-3-5-13/h1-5,7-11H,6,12,16H2. The van der Waals surface area contributed by atoms with Gasteiger partial charge in [0.2, 0.25) is 0 Å². The van der Waals surface area contributed by atoms with Crippen molar-refractivity contribution in [2.45, 2.75) is 13.0 Å². The van der Waals surface area contributed by atoms with E-state index in [0.29, 0.717) is 6.54 Å². The van der Waals surface area contributed by atoms with Crippen LogP contribution in [0.3, 0.4) is 0 Å². The van der Waals surface area contributed by atoms with Gasteiger partial charge < -0.3 is 5.73 Å². The first-order valence-electron chi connectivity index (χ1n) is 5.54. The third-order valence-electron chi connectivity index (χ3n) is 2.63. The van der Waals surface area contributed by atoms with Gasteiger partial charge in [-0.15, -0.1) is 0 Å². The molecule has 0 aliphatic heterocycles. The molecule has 0 fully saturated rings. The summed E-state index contributed by atoms with van der Waals surface area (Å²) in [4.78, 5) is 0. The van der Waals surface area contributed by atoms with E-state index in [2.05, 4.69) is 55.0 Å². The molecule has 0 amide bonds. The summed E-state index contributed by atoms with van der Waals surface area (Å²) in [5, 5.41) is 0. The van der Waals surface area contributed by atoms with Crippen LogP contribution in [0.4, 0.5) is 0 Å². The zero-order chi connectivity index (χ0) is 11.2. The predicted octanol–water partition coefficient (Wildman–Crippen LogP) is 2.94. The minimum absolute atomic E-state index is 0.610. The molecular weight excluding hydrogens is 194 g/mol. The molecule has 1 radical (unpaired) electrons. The van der Waals surface area contributed by atoms with Crippen LogP contribution >= 0.6 is 0 Å². The molecule has 1 heteroatoms. The Kier molecular flexibility index (Phi) is 3.73. The summed E-state index contributed by atoms with van der Waals surface area (Å²) in [5.74, 6) is 0. The molecule has 0 spiro atoms. The SMILES string of the molecule is NCc1ccc([CH]Cc2ccccc2)cc1. The molecule has 0 atom stereocenters. The van der Waals surface area contributed by atoms with Gasteiger partial charge in [-0.05, 0) is 29.5 Å². The fourth-order valence-electron chi connectivity index (χ4n) is 1.64. The van der Waals surface area contributed by atoms with Crippen LogP contribution in [0.5, 0.6) is 0 Å². The van der Waals surface area contributed by atoms with Gasteiger partial charge in [-0.3, -0.25) is 0 Å². The van der Waals surface area contributed by atoms with Gasteiger partial charge in [0.05, 0.1) is 0 Å². The van der Waals surface area contributed by atoms with Gasteiger partial charge in [0.25, 0.3) is 0 Å². The van der Waals surface area contributed by atoms with Crippen LogP contribution < -0.4 is 5.73 Å². The zero-order valence-corrected chi connectivity index (χ0v) is 9.27. The third-order valence-corrected chi connectivity index (χ3v) is 2.63. The Labute approximate surface area is 96.9 Å². The molecule has 0 aliphatic carbocycles. The number of hydrogen-bond acceptors (Lipinski definition) is 1. The van der Waals surface area contributed by atoms with E-state index >= 15 is 0 Å². The molecule has 2 aromatic carbocycles. The second-order valence-electron chi connectivity index (χ2n) is 3.84. The number of hydrogen-bond donors (Lipinski definition) is 1. The maximum Gasteiger partial charge on any atom is 0.0178 e. The van der Waals surface area contributed by atoms with Gasteiger partial charge >= 0.3 is 0 Å². The topological polar surface area (TPSA) is 26.0 Å². The summed E-state index contributed by atoms with van der Waals surface area (Å²) >= 11 is 0. The van der Waals surface area contributed by atoms with Crippen LogP contribution in [0, 0.1) is 6.42 Å². The number of benzene rings is 2. The molecular formula is C15H16N. The predicted molar refractivity (Wildman–Crippen MR) is 67.9 cm³/mol. The summed E-state index contributed by atoms with van der Waals surface area (Å²) in [7, 11) is 0. The van der Waals surface area contributed by atoms with Crippen molar-refractivity contribution >= 4 is 0 Å². The van der Waals surface area contributed by atoms with Crippen LogP contribution in [0.1, 0.15) is 16.7 Å². The molecule has 0 saturated carbocycles. The van der Waals surface area contributed by atoms with Gasteiger partial charge in [0.15, 0.2) is 0 Å². The molecule has 0 heterocycles. The molecule has 0 aliphatic rings. The van der Waals surface area contributed by atoms with Gasteiger partial charge in [0, 0.05) is 6.54 Å². The van der Waals surface area contributed by atoms with Crippen molar-refractivity contribution < 1.29 is 0 Å². The molecule has 2 aromatic rings. The highest BCUT2D eigenvalue weighted by Crippen LogP contribution is 2.10. The van der Waals surface area contributed by atoms with Crippen LogP contribution in [0.2, 0.25) is 0 Å². The van der Waals surface area contributed by atoms with Crippen LogP contribution in [0.15, 0.2) is 54.6 Å². The second-order valence-corrected chi connectivity index (χ2v) is 3.84. The molecule has 2 N–H and O–H groups in total. The summed E-state index contributed by atoms with van der Waals surface area (Å²) in [6, 6.07) is 18.9. The van der Waals surface area contributed by atoms with E-state index in [-0.39, 0.29) is 0 Å². The Balaban J connectivity index is 1.94. The lowest BCUT2D eigenvalue weighted by Gasteiger charge is -2.02. The zero-order valence-electron chi connectivity index (χ0n) is 9.27. The fraction of sp³-hybridized carbons (Fsp3) is 0.133. The largest absolute Gasteiger partial charge is 0.326 e. The normalized spacial score (nSPS) is 10.3. The van der Waals surface area contributed by atoms with Crippen molar-refractivity contribution in [2.24, 2.45) is 5.73 Å². The molecule has 1 nitrogen and oxygen atoms in total. The third kappa shape index (κ3) is 2.94.